The summed E-state index contributed by atoms with van der Waals surface area (Å²) in [5, 5.41) is 22.0. The maximum Gasteiger partial charge on any atom is 2.00 e. The number of hydrogen-bond acceptors (Lipinski definition) is 6. The van der Waals surface area contributed by atoms with Crippen molar-refractivity contribution in [3.63, 3.8) is 0 Å². The summed E-state index contributed by atoms with van der Waals surface area (Å²) in [6, 6.07) is -1.89. The molecule has 0 aliphatic rings. The third kappa shape index (κ3) is 10.7. The van der Waals surface area contributed by atoms with Crippen LogP contribution in [0.4, 0.5) is 0 Å². The van der Waals surface area contributed by atoms with Gasteiger partial charge in [0.1, 0.15) is 6.16 Å². The second-order valence-electron chi connectivity index (χ2n) is 2.84. The molecule has 1 amide bonds. The van der Waals surface area contributed by atoms with Crippen LogP contribution >= 0.6 is 7.60 Å². The average molecular weight is 293 g/mol. The van der Waals surface area contributed by atoms with Gasteiger partial charge in [-0.05, 0) is 0 Å². The van der Waals surface area contributed by atoms with Gasteiger partial charge < -0.3 is 34.9 Å². The minimum absolute atomic E-state index is 0. The molecule has 0 spiro atoms. The minimum atomic E-state index is -4.63. The zero-order chi connectivity index (χ0) is 12.9. The fourth-order valence-electron chi connectivity index (χ4n) is 0.787. The van der Waals surface area contributed by atoms with Gasteiger partial charge in [0, 0.05) is 12.4 Å². The molecule has 0 aliphatic heterocycles. The quantitative estimate of drug-likeness (QED) is 0.323. The van der Waals surface area contributed by atoms with Gasteiger partial charge in [0.15, 0.2) is 0 Å². The van der Waals surface area contributed by atoms with Crippen molar-refractivity contribution in [2.45, 2.75) is 12.5 Å². The minimum Gasteiger partial charge on any atom is -0.550 e. The second kappa shape index (κ2) is 8.02. The first-order chi connectivity index (χ1) is 7.11. The van der Waals surface area contributed by atoms with Crippen molar-refractivity contribution in [2.24, 2.45) is 0 Å². The molecule has 0 saturated heterocycles. The van der Waals surface area contributed by atoms with Crippen molar-refractivity contribution in [1.82, 2.24) is 5.32 Å². The molecule has 0 rings (SSSR count). The van der Waals surface area contributed by atoms with Crippen molar-refractivity contribution < 1.29 is 38.9 Å². The van der Waals surface area contributed by atoms with E-state index in [0.717, 1.165) is 0 Å². The van der Waals surface area contributed by atoms with Gasteiger partial charge in [-0.25, -0.2) is 0 Å². The zero-order valence-corrected chi connectivity index (χ0v) is 11.6. The largest absolute Gasteiger partial charge is 2.00 e. The van der Waals surface area contributed by atoms with Crippen LogP contribution in [0.1, 0.15) is 6.42 Å². The van der Waals surface area contributed by atoms with Crippen LogP contribution in [-0.4, -0.2) is 77.6 Å². The molecular weight excluding hydrogens is 285 g/mol. The standard InChI is InChI=1S/C6H10NO8P.Ca/c8-4(2-16(13,14)15)7-3(6(11)12)1-5(9)10;/h3H,1-2H2,(H,7,8)(H,9,10)(H,11,12)(H2,13,14,15);/q;+2/p-2/t3-;/m0./s1. The van der Waals surface area contributed by atoms with E-state index < -0.39 is 44.1 Å². The van der Waals surface area contributed by atoms with E-state index in [4.69, 9.17) is 9.79 Å². The van der Waals surface area contributed by atoms with Gasteiger partial charge in [-0.15, -0.1) is 0 Å². The number of carboxylic acid groups (broad SMARTS) is 2. The molecule has 1 atom stereocenters. The molecule has 9 nitrogen and oxygen atoms in total. The van der Waals surface area contributed by atoms with E-state index in [0.29, 0.717) is 0 Å². The second-order valence-corrected chi connectivity index (χ2v) is 4.48. The van der Waals surface area contributed by atoms with Crippen molar-refractivity contribution in [1.29, 1.82) is 0 Å². The average Bonchev–Trinajstić information content (AvgIpc) is 1.97. The van der Waals surface area contributed by atoms with Gasteiger partial charge in [0.25, 0.3) is 0 Å². The van der Waals surface area contributed by atoms with E-state index in [-0.39, 0.29) is 37.7 Å². The molecule has 0 bridgehead atoms. The number of carbonyl (C=O) groups excluding carboxylic acids is 3. The first kappa shape index (κ1) is 19.2. The fraction of sp³-hybridized carbons (Fsp3) is 0.500. The van der Waals surface area contributed by atoms with Gasteiger partial charge in [-0.2, -0.15) is 0 Å². The molecule has 0 fully saturated rings. The Labute approximate surface area is 125 Å². The number of hydrogen-bond donors (Lipinski definition) is 3. The Hall–Kier alpha value is -0.180. The monoisotopic (exact) mass is 293 g/mol. The summed E-state index contributed by atoms with van der Waals surface area (Å²) in [5.74, 6) is -4.92. The number of amides is 1. The van der Waals surface area contributed by atoms with Crippen LogP contribution in [0.15, 0.2) is 0 Å². The number of nitrogens with one attached hydrogen (secondary N) is 1. The predicted octanol–water partition coefficient (Wildman–Crippen LogP) is -4.84. The summed E-state index contributed by atoms with van der Waals surface area (Å²) >= 11 is 0. The maximum atomic E-state index is 10.8. The SMILES string of the molecule is O=C([O-])C[C@H](NC(=O)CP(=O)(O)O)C(=O)[O-].[Ca+2]. The van der Waals surface area contributed by atoms with E-state index in [9.17, 15) is 29.2 Å². The van der Waals surface area contributed by atoms with E-state index in [1.807, 2.05) is 0 Å². The normalized spacial score (nSPS) is 12.1. The van der Waals surface area contributed by atoms with Crippen LogP contribution in [-0.2, 0) is 18.9 Å². The smallest absolute Gasteiger partial charge is 0.550 e. The van der Waals surface area contributed by atoms with E-state index >= 15 is 0 Å². The molecule has 0 unspecified atom stereocenters. The molecular formula is C6H8CaNO8P. The molecule has 92 valence electrons. The zero-order valence-electron chi connectivity index (χ0n) is 8.49. The molecule has 0 aliphatic carbocycles. The van der Waals surface area contributed by atoms with Gasteiger partial charge in [0.05, 0.1) is 12.0 Å². The van der Waals surface area contributed by atoms with Gasteiger partial charge in [-0.3, -0.25) is 9.36 Å². The van der Waals surface area contributed by atoms with E-state index in [2.05, 4.69) is 0 Å². The van der Waals surface area contributed by atoms with Crippen LogP contribution in [0.2, 0.25) is 0 Å². The van der Waals surface area contributed by atoms with Crippen molar-refractivity contribution >= 4 is 63.2 Å². The van der Waals surface area contributed by atoms with Crippen LogP contribution in [0, 0.1) is 0 Å². The first-order valence-corrected chi connectivity index (χ1v) is 5.66. The summed E-state index contributed by atoms with van der Waals surface area (Å²) in [4.78, 5) is 48.0. The van der Waals surface area contributed by atoms with Gasteiger partial charge >= 0.3 is 45.3 Å². The molecule has 0 heterocycles. The Balaban J connectivity index is 0. The Bertz CT molecular complexity index is 352. The molecule has 0 aromatic heterocycles. The number of rotatable bonds is 6. The van der Waals surface area contributed by atoms with Crippen molar-refractivity contribution in [2.75, 3.05) is 6.16 Å². The van der Waals surface area contributed by atoms with Crippen LogP contribution < -0.4 is 15.5 Å². The number of carbonyl (C=O) groups is 3. The molecule has 17 heavy (non-hydrogen) atoms. The van der Waals surface area contributed by atoms with Crippen LogP contribution in [0.3, 0.4) is 0 Å². The summed E-state index contributed by atoms with van der Waals surface area (Å²) < 4.78 is 10.4. The summed E-state index contributed by atoms with van der Waals surface area (Å²) in [6.45, 7) is 0. The molecule has 11 heteroatoms. The Morgan fingerprint density at radius 3 is 2.00 bits per heavy atom. The van der Waals surface area contributed by atoms with Gasteiger partial charge in [-0.1, -0.05) is 0 Å². The Morgan fingerprint density at radius 1 is 1.24 bits per heavy atom. The topological polar surface area (TPSA) is 167 Å². The number of aliphatic carboxylic acids is 2. The third-order valence-electron chi connectivity index (χ3n) is 1.34. The maximum absolute atomic E-state index is 10.8. The van der Waals surface area contributed by atoms with Crippen molar-refractivity contribution in [3.8, 4) is 0 Å². The third-order valence-corrected chi connectivity index (χ3v) is 2.04. The summed E-state index contributed by atoms with van der Waals surface area (Å²) in [7, 11) is -4.63. The summed E-state index contributed by atoms with van der Waals surface area (Å²) in [6.07, 6.45) is -2.28. The molecule has 3 N–H and O–H groups in total. The Morgan fingerprint density at radius 2 is 1.71 bits per heavy atom. The summed E-state index contributed by atoms with van der Waals surface area (Å²) in [5.41, 5.74) is 0. The molecule has 0 aromatic rings. The molecule has 0 saturated carbocycles. The van der Waals surface area contributed by atoms with E-state index in [1.54, 1.807) is 5.32 Å². The predicted molar refractivity (Wildman–Crippen MR) is 49.2 cm³/mol. The number of carboxylic acids is 2. The van der Waals surface area contributed by atoms with Crippen LogP contribution in [0.5, 0.6) is 0 Å². The Kier molecular flexibility index (Phi) is 9.04. The molecule has 0 radical (unpaired) electrons. The first-order valence-electron chi connectivity index (χ1n) is 3.86. The molecule has 0 aromatic carbocycles. The van der Waals surface area contributed by atoms with Crippen molar-refractivity contribution in [3.05, 3.63) is 0 Å². The fourth-order valence-corrected chi connectivity index (χ4v) is 1.25. The van der Waals surface area contributed by atoms with Crippen LogP contribution in [0.25, 0.3) is 0 Å². The van der Waals surface area contributed by atoms with Gasteiger partial charge in [0.2, 0.25) is 5.91 Å². The van der Waals surface area contributed by atoms with E-state index in [1.165, 1.54) is 0 Å².